The average molecular weight is 361 g/mol. The van der Waals surface area contributed by atoms with Crippen molar-refractivity contribution in [2.45, 2.75) is 23.9 Å². The van der Waals surface area contributed by atoms with Crippen molar-refractivity contribution < 1.29 is 16.8 Å². The Morgan fingerprint density at radius 1 is 1.20 bits per heavy atom. The molecule has 3 unspecified atom stereocenters. The Morgan fingerprint density at radius 2 is 1.85 bits per heavy atom. The Hall–Kier alpha value is -0.120. The van der Waals surface area contributed by atoms with Gasteiger partial charge in [-0.3, -0.25) is 0 Å². The van der Waals surface area contributed by atoms with Crippen LogP contribution in [0.2, 0.25) is 0 Å². The first-order valence-corrected chi connectivity index (χ1v) is 10.7. The number of nitrogens with one attached hydrogen (secondary N) is 1. The number of hydrogen-bond donors (Lipinski definition) is 1. The normalized spacial score (nSPS) is 34.8. The maximum absolute atomic E-state index is 11.5. The van der Waals surface area contributed by atoms with Crippen LogP contribution in [0.4, 0.5) is 0 Å². The van der Waals surface area contributed by atoms with E-state index in [-0.39, 0.29) is 29.1 Å². The Bertz CT molecular complexity index is 604. The van der Waals surface area contributed by atoms with Gasteiger partial charge in [0.1, 0.15) is 0 Å². The van der Waals surface area contributed by atoms with E-state index in [1.807, 2.05) is 0 Å². The van der Waals surface area contributed by atoms with Crippen LogP contribution in [0.5, 0.6) is 0 Å². The van der Waals surface area contributed by atoms with Gasteiger partial charge in [0.05, 0.1) is 34.4 Å². The van der Waals surface area contributed by atoms with E-state index in [0.29, 0.717) is 11.5 Å². The van der Waals surface area contributed by atoms with E-state index in [2.05, 4.69) is 5.32 Å². The van der Waals surface area contributed by atoms with Crippen molar-refractivity contribution in [1.82, 2.24) is 10.2 Å². The first-order valence-electron chi connectivity index (χ1n) is 6.18. The largest absolute Gasteiger partial charge is 0.357 e. The molecule has 2 saturated heterocycles. The zero-order valence-corrected chi connectivity index (χ0v) is 14.2. The fourth-order valence-electron chi connectivity index (χ4n) is 2.44. The summed E-state index contributed by atoms with van der Waals surface area (Å²) in [6.45, 7) is 0. The summed E-state index contributed by atoms with van der Waals surface area (Å²) < 4.78 is 45.9. The average Bonchev–Trinajstić information content (AvgIpc) is 2.77. The highest BCUT2D eigenvalue weighted by Gasteiger charge is 2.38. The van der Waals surface area contributed by atoms with E-state index in [1.165, 1.54) is 0 Å². The molecule has 0 amide bonds. The van der Waals surface area contributed by atoms with Crippen LogP contribution in [-0.4, -0.2) is 74.4 Å². The summed E-state index contributed by atoms with van der Waals surface area (Å²) in [6, 6.07) is -0.582. The number of hydrogen-bond acceptors (Lipinski definition) is 5. The molecule has 2 aliphatic heterocycles. The van der Waals surface area contributed by atoms with Crippen molar-refractivity contribution in [2.75, 3.05) is 30.1 Å². The molecule has 0 bridgehead atoms. The molecule has 2 heterocycles. The van der Waals surface area contributed by atoms with E-state index in [9.17, 15) is 16.8 Å². The maximum Gasteiger partial charge on any atom is 0.169 e. The zero-order valence-electron chi connectivity index (χ0n) is 11.0. The number of thiocarbonyl (C=S) groups is 1. The quantitative estimate of drug-likeness (QED) is 0.519. The highest BCUT2D eigenvalue weighted by molar-refractivity contribution is 7.92. The molecular formula is C10H17ClN2O4S3. The minimum absolute atomic E-state index is 0.0435. The van der Waals surface area contributed by atoms with Crippen LogP contribution in [0.25, 0.3) is 0 Å². The van der Waals surface area contributed by atoms with Crippen LogP contribution in [0.3, 0.4) is 0 Å². The molecular weight excluding hydrogens is 344 g/mol. The predicted molar refractivity (Wildman–Crippen MR) is 82.6 cm³/mol. The van der Waals surface area contributed by atoms with Gasteiger partial charge in [-0.15, -0.1) is 11.6 Å². The third kappa shape index (κ3) is 3.75. The smallest absolute Gasteiger partial charge is 0.169 e. The Labute approximate surface area is 129 Å². The van der Waals surface area contributed by atoms with Crippen LogP contribution in [0.15, 0.2) is 0 Å². The molecule has 0 saturated carbocycles. The zero-order chi connectivity index (χ0) is 15.1. The van der Waals surface area contributed by atoms with Crippen LogP contribution in [0.1, 0.15) is 6.42 Å². The molecule has 0 aromatic heterocycles. The monoisotopic (exact) mass is 360 g/mol. The fraction of sp³-hybridized carbons (Fsp3) is 0.900. The lowest BCUT2D eigenvalue weighted by molar-refractivity contribution is 0.386. The van der Waals surface area contributed by atoms with Gasteiger partial charge in [-0.1, -0.05) is 0 Å². The highest BCUT2D eigenvalue weighted by atomic mass is 35.5. The number of nitrogens with zero attached hydrogens (tertiary/aromatic N) is 1. The Morgan fingerprint density at radius 3 is 2.30 bits per heavy atom. The number of sulfone groups is 2. The Kier molecular flexibility index (Phi) is 4.54. The first kappa shape index (κ1) is 16.3. The molecule has 10 heteroatoms. The molecule has 0 spiro atoms. The van der Waals surface area contributed by atoms with Crippen LogP contribution < -0.4 is 5.32 Å². The summed E-state index contributed by atoms with van der Waals surface area (Å²) in [5, 5.41) is 2.77. The standard InChI is InChI=1S/C10H17ClN2O4S3/c1-13(7-2-3-19(14,15)4-7)10(18)12-9-6-20(16,17)5-8(9)11/h7-9H,2-6H2,1H3,(H,12,18). The van der Waals surface area contributed by atoms with Gasteiger partial charge in [0.25, 0.3) is 0 Å². The van der Waals surface area contributed by atoms with Gasteiger partial charge in [-0.25, -0.2) is 16.8 Å². The summed E-state index contributed by atoms with van der Waals surface area (Å²) in [5.41, 5.74) is 0. The van der Waals surface area contributed by atoms with Gasteiger partial charge in [0.2, 0.25) is 0 Å². The maximum atomic E-state index is 11.5. The molecule has 6 nitrogen and oxygen atoms in total. The molecule has 20 heavy (non-hydrogen) atoms. The van der Waals surface area contributed by atoms with E-state index >= 15 is 0 Å². The molecule has 3 atom stereocenters. The van der Waals surface area contributed by atoms with Crippen molar-refractivity contribution in [1.29, 1.82) is 0 Å². The molecule has 1 N–H and O–H groups in total. The van der Waals surface area contributed by atoms with Gasteiger partial charge in [0.15, 0.2) is 24.8 Å². The highest BCUT2D eigenvalue weighted by Crippen LogP contribution is 2.20. The van der Waals surface area contributed by atoms with Gasteiger partial charge in [-0.2, -0.15) is 0 Å². The summed E-state index contributed by atoms with van der Waals surface area (Å²) in [6.07, 6.45) is 0.536. The predicted octanol–water partition coefficient (Wildman–Crippen LogP) is -0.616. The first-order chi connectivity index (χ1) is 9.10. The number of halogens is 1. The van der Waals surface area contributed by atoms with Crippen molar-refractivity contribution in [3.8, 4) is 0 Å². The SMILES string of the molecule is CN(C(=S)NC1CS(=O)(=O)CC1Cl)C1CCS(=O)(=O)C1. The Balaban J connectivity index is 1.96. The summed E-state index contributed by atoms with van der Waals surface area (Å²) in [5.74, 6) is 0.146. The summed E-state index contributed by atoms with van der Waals surface area (Å²) in [7, 11) is -4.39. The van der Waals surface area contributed by atoms with Gasteiger partial charge in [0, 0.05) is 13.1 Å². The summed E-state index contributed by atoms with van der Waals surface area (Å²) in [4.78, 5) is 1.69. The van der Waals surface area contributed by atoms with Gasteiger partial charge >= 0.3 is 0 Å². The third-order valence-electron chi connectivity index (χ3n) is 3.67. The second-order valence-corrected chi connectivity index (χ2v) is 10.6. The molecule has 0 aliphatic carbocycles. The minimum atomic E-state index is -3.12. The lowest BCUT2D eigenvalue weighted by Gasteiger charge is -2.29. The number of alkyl halides is 1. The lowest BCUT2D eigenvalue weighted by atomic mass is 10.2. The van der Waals surface area contributed by atoms with Crippen LogP contribution >= 0.6 is 23.8 Å². The molecule has 0 aromatic carbocycles. The van der Waals surface area contributed by atoms with Gasteiger partial charge < -0.3 is 10.2 Å². The molecule has 116 valence electrons. The molecule has 0 aromatic rings. The molecule has 2 aliphatic rings. The molecule has 2 fully saturated rings. The van der Waals surface area contributed by atoms with E-state index < -0.39 is 31.1 Å². The van der Waals surface area contributed by atoms with Crippen molar-refractivity contribution in [3.63, 3.8) is 0 Å². The minimum Gasteiger partial charge on any atom is -0.357 e. The van der Waals surface area contributed by atoms with E-state index in [0.717, 1.165) is 0 Å². The second kappa shape index (κ2) is 5.58. The second-order valence-electron chi connectivity index (χ2n) is 5.32. The topological polar surface area (TPSA) is 83.6 Å². The van der Waals surface area contributed by atoms with Crippen LogP contribution in [0, 0.1) is 0 Å². The third-order valence-corrected chi connectivity index (χ3v) is 8.20. The van der Waals surface area contributed by atoms with E-state index in [4.69, 9.17) is 23.8 Å². The van der Waals surface area contributed by atoms with Gasteiger partial charge in [-0.05, 0) is 18.6 Å². The molecule has 0 radical (unpaired) electrons. The number of rotatable bonds is 2. The fourth-order valence-corrected chi connectivity index (χ4v) is 7.07. The molecule has 2 rings (SSSR count). The van der Waals surface area contributed by atoms with Crippen molar-refractivity contribution in [3.05, 3.63) is 0 Å². The van der Waals surface area contributed by atoms with Crippen molar-refractivity contribution >= 4 is 48.6 Å². The van der Waals surface area contributed by atoms with Crippen molar-refractivity contribution in [2.24, 2.45) is 0 Å². The van der Waals surface area contributed by atoms with E-state index in [1.54, 1.807) is 11.9 Å². The summed E-state index contributed by atoms with van der Waals surface area (Å²) >= 11 is 11.2. The lowest BCUT2D eigenvalue weighted by Crippen LogP contribution is -2.50. The van der Waals surface area contributed by atoms with Crippen LogP contribution in [-0.2, 0) is 19.7 Å².